The molecule has 2 N–H and O–H groups in total. The van der Waals surface area contributed by atoms with Crippen molar-refractivity contribution in [3.63, 3.8) is 0 Å². The van der Waals surface area contributed by atoms with Gasteiger partial charge in [-0.05, 0) is 43.9 Å². The van der Waals surface area contributed by atoms with Crippen LogP contribution in [-0.2, 0) is 10.0 Å². The molecule has 1 atom stereocenters. The van der Waals surface area contributed by atoms with Crippen molar-refractivity contribution in [2.24, 2.45) is 0 Å². The van der Waals surface area contributed by atoms with E-state index in [0.717, 1.165) is 25.1 Å². The molecular weight excluding hydrogens is 294 g/mol. The lowest BCUT2D eigenvalue weighted by molar-refractivity contribution is 0.556. The number of aromatic nitrogens is 1. The molecule has 0 bridgehead atoms. The lowest BCUT2D eigenvalue weighted by Gasteiger charge is -2.13. The van der Waals surface area contributed by atoms with E-state index in [1.807, 2.05) is 13.2 Å². The predicted molar refractivity (Wildman–Crippen MR) is 85.8 cm³/mol. The average molecular weight is 317 g/mol. The third-order valence-electron chi connectivity index (χ3n) is 2.71. The Morgan fingerprint density at radius 3 is 2.70 bits per heavy atom. The van der Waals surface area contributed by atoms with E-state index in [4.69, 9.17) is 0 Å². The maximum absolute atomic E-state index is 12.2. The lowest BCUT2D eigenvalue weighted by atomic mass is 10.3. The van der Waals surface area contributed by atoms with Crippen LogP contribution in [0.1, 0.15) is 26.7 Å². The SMILES string of the molecule is CCCNc1ccc(S(=O)(=O)NC(C)CCSC)cn1. The van der Waals surface area contributed by atoms with Crippen molar-refractivity contribution in [3.8, 4) is 0 Å². The number of thioether (sulfide) groups is 1. The first-order valence-electron chi connectivity index (χ1n) is 6.70. The summed E-state index contributed by atoms with van der Waals surface area (Å²) in [6, 6.07) is 3.19. The topological polar surface area (TPSA) is 71.1 Å². The first-order chi connectivity index (χ1) is 9.49. The smallest absolute Gasteiger partial charge is 0.242 e. The molecule has 0 aromatic carbocycles. The van der Waals surface area contributed by atoms with Crippen LogP contribution in [0.4, 0.5) is 5.82 Å². The molecule has 1 aromatic rings. The van der Waals surface area contributed by atoms with Gasteiger partial charge in [0.25, 0.3) is 0 Å². The Morgan fingerprint density at radius 2 is 2.15 bits per heavy atom. The number of hydrogen-bond donors (Lipinski definition) is 2. The predicted octanol–water partition coefficient (Wildman–Crippen LogP) is 2.32. The number of anilines is 1. The summed E-state index contributed by atoms with van der Waals surface area (Å²) < 4.78 is 27.0. The standard InChI is InChI=1S/C13H23N3O2S2/c1-4-8-14-13-6-5-12(10-15-13)20(17,18)16-11(2)7-9-19-3/h5-6,10-11,16H,4,7-9H2,1-3H3,(H,14,15). The third kappa shape index (κ3) is 5.68. The van der Waals surface area contributed by atoms with Crippen molar-refractivity contribution >= 4 is 27.6 Å². The quantitative estimate of drug-likeness (QED) is 0.731. The highest BCUT2D eigenvalue weighted by atomic mass is 32.2. The van der Waals surface area contributed by atoms with Crippen molar-refractivity contribution < 1.29 is 8.42 Å². The number of sulfonamides is 1. The maximum atomic E-state index is 12.2. The summed E-state index contributed by atoms with van der Waals surface area (Å²) in [5.74, 6) is 1.63. The van der Waals surface area contributed by atoms with E-state index >= 15 is 0 Å². The van der Waals surface area contributed by atoms with E-state index in [2.05, 4.69) is 21.9 Å². The van der Waals surface area contributed by atoms with Crippen molar-refractivity contribution in [3.05, 3.63) is 18.3 Å². The van der Waals surface area contributed by atoms with Crippen LogP contribution in [-0.4, -0.2) is 38.0 Å². The van der Waals surface area contributed by atoms with Crippen molar-refractivity contribution in [1.82, 2.24) is 9.71 Å². The van der Waals surface area contributed by atoms with Gasteiger partial charge in [-0.15, -0.1) is 0 Å². The molecule has 5 nitrogen and oxygen atoms in total. The van der Waals surface area contributed by atoms with Crippen LogP contribution >= 0.6 is 11.8 Å². The molecule has 114 valence electrons. The molecule has 1 rings (SSSR count). The normalized spacial score (nSPS) is 13.2. The number of rotatable bonds is 9. The zero-order valence-electron chi connectivity index (χ0n) is 12.2. The van der Waals surface area contributed by atoms with Crippen LogP contribution in [0.15, 0.2) is 23.2 Å². The molecule has 0 aliphatic carbocycles. The molecule has 1 unspecified atom stereocenters. The highest BCUT2D eigenvalue weighted by molar-refractivity contribution is 7.98. The fourth-order valence-electron chi connectivity index (χ4n) is 1.58. The van der Waals surface area contributed by atoms with Gasteiger partial charge in [0.1, 0.15) is 10.7 Å². The molecule has 20 heavy (non-hydrogen) atoms. The lowest BCUT2D eigenvalue weighted by Crippen LogP contribution is -2.33. The van der Waals surface area contributed by atoms with Gasteiger partial charge in [-0.1, -0.05) is 6.92 Å². The number of nitrogens with zero attached hydrogens (tertiary/aromatic N) is 1. The highest BCUT2D eigenvalue weighted by Crippen LogP contribution is 2.12. The Hall–Kier alpha value is -0.790. The second-order valence-electron chi connectivity index (χ2n) is 4.61. The van der Waals surface area contributed by atoms with E-state index in [9.17, 15) is 8.42 Å². The Labute approximate surface area is 126 Å². The van der Waals surface area contributed by atoms with E-state index in [-0.39, 0.29) is 10.9 Å². The molecule has 0 saturated carbocycles. The number of hydrogen-bond acceptors (Lipinski definition) is 5. The molecule has 1 aromatic heterocycles. The van der Waals surface area contributed by atoms with Gasteiger partial charge in [0.15, 0.2) is 0 Å². The maximum Gasteiger partial charge on any atom is 0.242 e. The first-order valence-corrected chi connectivity index (χ1v) is 9.58. The van der Waals surface area contributed by atoms with Crippen LogP contribution in [0.5, 0.6) is 0 Å². The molecular formula is C13H23N3O2S2. The summed E-state index contributed by atoms with van der Waals surface area (Å²) >= 11 is 1.71. The molecule has 0 amide bonds. The van der Waals surface area contributed by atoms with Gasteiger partial charge in [0.05, 0.1) is 0 Å². The van der Waals surface area contributed by atoms with Crippen LogP contribution in [0.25, 0.3) is 0 Å². The van der Waals surface area contributed by atoms with Crippen molar-refractivity contribution in [1.29, 1.82) is 0 Å². The minimum atomic E-state index is -3.48. The summed E-state index contributed by atoms with van der Waals surface area (Å²) in [6.07, 6.45) is 5.20. The van der Waals surface area contributed by atoms with E-state index < -0.39 is 10.0 Å². The fraction of sp³-hybridized carbons (Fsp3) is 0.615. The average Bonchev–Trinajstić information content (AvgIpc) is 2.43. The molecule has 0 aliphatic heterocycles. The number of pyridine rings is 1. The van der Waals surface area contributed by atoms with Gasteiger partial charge in [-0.25, -0.2) is 18.1 Å². The Morgan fingerprint density at radius 1 is 1.40 bits per heavy atom. The fourth-order valence-corrected chi connectivity index (χ4v) is 3.39. The van der Waals surface area contributed by atoms with Gasteiger partial charge in [-0.2, -0.15) is 11.8 Å². The molecule has 0 radical (unpaired) electrons. The van der Waals surface area contributed by atoms with Gasteiger partial charge in [0.2, 0.25) is 10.0 Å². The zero-order valence-corrected chi connectivity index (χ0v) is 13.9. The Kier molecular flexibility index (Phi) is 7.32. The van der Waals surface area contributed by atoms with Crippen molar-refractivity contribution in [2.75, 3.05) is 23.9 Å². The summed E-state index contributed by atoms with van der Waals surface area (Å²) in [7, 11) is -3.48. The third-order valence-corrected chi connectivity index (χ3v) is 4.93. The summed E-state index contributed by atoms with van der Waals surface area (Å²) in [5.41, 5.74) is 0. The molecule has 0 aliphatic rings. The second-order valence-corrected chi connectivity index (χ2v) is 7.31. The second kappa shape index (κ2) is 8.49. The van der Waals surface area contributed by atoms with Gasteiger partial charge in [-0.3, -0.25) is 0 Å². The van der Waals surface area contributed by atoms with E-state index in [0.29, 0.717) is 5.82 Å². The van der Waals surface area contributed by atoms with E-state index in [1.165, 1.54) is 6.20 Å². The zero-order chi connectivity index (χ0) is 15.0. The van der Waals surface area contributed by atoms with E-state index in [1.54, 1.807) is 23.9 Å². The monoisotopic (exact) mass is 317 g/mol. The number of nitrogens with one attached hydrogen (secondary N) is 2. The Bertz CT molecular complexity index is 489. The summed E-state index contributed by atoms with van der Waals surface area (Å²) in [4.78, 5) is 4.32. The van der Waals surface area contributed by atoms with Gasteiger partial charge >= 0.3 is 0 Å². The van der Waals surface area contributed by atoms with Gasteiger partial charge in [0, 0.05) is 18.8 Å². The molecule has 0 saturated heterocycles. The summed E-state index contributed by atoms with van der Waals surface area (Å²) in [5, 5.41) is 3.11. The van der Waals surface area contributed by atoms with Crippen LogP contribution < -0.4 is 10.0 Å². The molecule has 0 fully saturated rings. The molecule has 0 spiro atoms. The van der Waals surface area contributed by atoms with Crippen LogP contribution in [0.2, 0.25) is 0 Å². The molecule has 7 heteroatoms. The van der Waals surface area contributed by atoms with Crippen LogP contribution in [0.3, 0.4) is 0 Å². The minimum absolute atomic E-state index is 0.0784. The Balaban J connectivity index is 2.67. The van der Waals surface area contributed by atoms with Gasteiger partial charge < -0.3 is 5.32 Å². The van der Waals surface area contributed by atoms with Crippen molar-refractivity contribution in [2.45, 2.75) is 37.6 Å². The largest absolute Gasteiger partial charge is 0.370 e. The first kappa shape index (κ1) is 17.3. The molecule has 1 heterocycles. The summed E-state index contributed by atoms with van der Waals surface area (Å²) in [6.45, 7) is 4.76. The highest BCUT2D eigenvalue weighted by Gasteiger charge is 2.17. The minimum Gasteiger partial charge on any atom is -0.370 e. The van der Waals surface area contributed by atoms with Crippen LogP contribution in [0, 0.1) is 0 Å².